The van der Waals surface area contributed by atoms with Crippen LogP contribution in [0.2, 0.25) is 0 Å². The molecule has 74 valence electrons. The molecule has 1 rings (SSSR count). The van der Waals surface area contributed by atoms with Crippen LogP contribution >= 0.6 is 0 Å². The summed E-state index contributed by atoms with van der Waals surface area (Å²) in [5, 5.41) is 0. The van der Waals surface area contributed by atoms with E-state index in [-0.39, 0.29) is 0 Å². The van der Waals surface area contributed by atoms with Crippen molar-refractivity contribution in [1.82, 2.24) is 0 Å². The summed E-state index contributed by atoms with van der Waals surface area (Å²) in [7, 11) is 0. The molecule has 0 bridgehead atoms. The van der Waals surface area contributed by atoms with Gasteiger partial charge in [0.25, 0.3) is 0 Å². The smallest absolute Gasteiger partial charge is 0.240 e. The van der Waals surface area contributed by atoms with E-state index in [4.69, 9.17) is 0 Å². The second-order valence-corrected chi connectivity index (χ2v) is 2.90. The van der Waals surface area contributed by atoms with Crippen LogP contribution in [0.5, 0.6) is 0 Å². The molecule has 0 unspecified atom stereocenters. The van der Waals surface area contributed by atoms with Crippen LogP contribution in [0.1, 0.15) is 13.8 Å². The van der Waals surface area contributed by atoms with Crippen molar-refractivity contribution in [1.29, 1.82) is 0 Å². The Morgan fingerprint density at radius 2 is 2.07 bits per heavy atom. The Morgan fingerprint density at radius 1 is 1.36 bits per heavy atom. The Morgan fingerprint density at radius 3 is 2.64 bits per heavy atom. The number of carbonyl (C=O) groups excluding carboxylic acids is 1. The van der Waals surface area contributed by atoms with Gasteiger partial charge in [-0.15, -0.1) is 0 Å². The molecule has 0 amide bonds. The predicted octanol–water partition coefficient (Wildman–Crippen LogP) is 2.50. The van der Waals surface area contributed by atoms with E-state index < -0.39 is 0 Å². The third-order valence-corrected chi connectivity index (χ3v) is 2.13. The summed E-state index contributed by atoms with van der Waals surface area (Å²) >= 11 is 0. The average Bonchev–Trinajstić information content (AvgIpc) is 2.21. The molecule has 0 heterocycles. The maximum atomic E-state index is 10.1. The molecule has 3 nitrogen and oxygen atoms in total. The first-order valence-electron chi connectivity index (χ1n) is 4.74. The molecular weight excluding hydrogens is 176 g/mol. The van der Waals surface area contributed by atoms with Gasteiger partial charge in [-0.2, -0.15) is 4.99 Å². The number of aliphatic imine (C=N–C) groups is 1. The van der Waals surface area contributed by atoms with Crippen molar-refractivity contribution in [3.05, 3.63) is 24.3 Å². The fraction of sp³-hybridized carbons (Fsp3) is 0.364. The number of nitrogens with zero attached hydrogens (tertiary/aromatic N) is 2. The molecule has 0 atom stereocenters. The van der Waals surface area contributed by atoms with Crippen molar-refractivity contribution < 1.29 is 4.79 Å². The molecule has 0 aliphatic rings. The number of hydrogen-bond donors (Lipinski definition) is 0. The molecule has 0 saturated carbocycles. The van der Waals surface area contributed by atoms with Crippen LogP contribution in [0.4, 0.5) is 11.4 Å². The first-order valence-corrected chi connectivity index (χ1v) is 4.74. The van der Waals surface area contributed by atoms with E-state index in [1.807, 2.05) is 18.2 Å². The van der Waals surface area contributed by atoms with Gasteiger partial charge in [-0.1, -0.05) is 6.07 Å². The van der Waals surface area contributed by atoms with Gasteiger partial charge in [0.2, 0.25) is 6.08 Å². The fourth-order valence-corrected chi connectivity index (χ4v) is 1.40. The number of benzene rings is 1. The largest absolute Gasteiger partial charge is 0.372 e. The van der Waals surface area contributed by atoms with Gasteiger partial charge >= 0.3 is 0 Å². The lowest BCUT2D eigenvalue weighted by atomic mass is 10.2. The molecular formula is C11H14N2O. The molecule has 0 fully saturated rings. The quantitative estimate of drug-likeness (QED) is 0.539. The van der Waals surface area contributed by atoms with Crippen molar-refractivity contribution in [3.63, 3.8) is 0 Å². The Labute approximate surface area is 84.1 Å². The Kier molecular flexibility index (Phi) is 3.89. The molecule has 1 aromatic rings. The van der Waals surface area contributed by atoms with E-state index in [0.29, 0.717) is 5.69 Å². The highest BCUT2D eigenvalue weighted by molar-refractivity contribution is 5.58. The van der Waals surface area contributed by atoms with E-state index in [2.05, 4.69) is 23.7 Å². The van der Waals surface area contributed by atoms with Crippen molar-refractivity contribution in [2.24, 2.45) is 4.99 Å². The van der Waals surface area contributed by atoms with Gasteiger partial charge in [-0.25, -0.2) is 4.79 Å². The van der Waals surface area contributed by atoms with Gasteiger partial charge in [0, 0.05) is 18.8 Å². The van der Waals surface area contributed by atoms with Crippen LogP contribution in [0.25, 0.3) is 0 Å². The van der Waals surface area contributed by atoms with Crippen LogP contribution in [0, 0.1) is 0 Å². The second-order valence-electron chi connectivity index (χ2n) is 2.90. The molecule has 0 aliphatic carbocycles. The van der Waals surface area contributed by atoms with E-state index in [9.17, 15) is 4.79 Å². The topological polar surface area (TPSA) is 32.7 Å². The second kappa shape index (κ2) is 5.20. The highest BCUT2D eigenvalue weighted by Gasteiger charge is 2.01. The normalized spacial score (nSPS) is 9.29. The predicted molar refractivity (Wildman–Crippen MR) is 57.8 cm³/mol. The highest BCUT2D eigenvalue weighted by atomic mass is 16.1. The Bertz CT molecular complexity index is 339. The van der Waals surface area contributed by atoms with Crippen molar-refractivity contribution in [3.8, 4) is 0 Å². The highest BCUT2D eigenvalue weighted by Crippen LogP contribution is 2.20. The maximum absolute atomic E-state index is 10.1. The standard InChI is InChI=1S/C11H14N2O/c1-3-13(4-2)11-7-5-6-10(8-11)12-9-14/h5-8H,3-4H2,1-2H3. The maximum Gasteiger partial charge on any atom is 0.240 e. The van der Waals surface area contributed by atoms with Crippen LogP contribution in [0.3, 0.4) is 0 Å². The summed E-state index contributed by atoms with van der Waals surface area (Å²) in [6, 6.07) is 7.58. The van der Waals surface area contributed by atoms with Gasteiger partial charge in [-0.05, 0) is 32.0 Å². The summed E-state index contributed by atoms with van der Waals surface area (Å²) in [5.74, 6) is 0. The lowest BCUT2D eigenvalue weighted by molar-refractivity contribution is 0.565. The average molecular weight is 190 g/mol. The first-order chi connectivity index (χ1) is 6.81. The van der Waals surface area contributed by atoms with Crippen molar-refractivity contribution in [2.75, 3.05) is 18.0 Å². The van der Waals surface area contributed by atoms with Gasteiger partial charge in [0.15, 0.2) is 0 Å². The minimum atomic E-state index is 0.657. The van der Waals surface area contributed by atoms with E-state index in [1.54, 1.807) is 12.1 Å². The number of isocyanates is 1. The summed E-state index contributed by atoms with van der Waals surface area (Å²) in [6.07, 6.45) is 1.54. The van der Waals surface area contributed by atoms with Gasteiger partial charge in [0.05, 0.1) is 5.69 Å². The molecule has 1 aromatic carbocycles. The van der Waals surface area contributed by atoms with Crippen molar-refractivity contribution in [2.45, 2.75) is 13.8 Å². The van der Waals surface area contributed by atoms with Gasteiger partial charge in [0.1, 0.15) is 0 Å². The van der Waals surface area contributed by atoms with Crippen molar-refractivity contribution >= 4 is 17.5 Å². The minimum absolute atomic E-state index is 0.657. The molecule has 0 spiro atoms. The van der Waals surface area contributed by atoms with Crippen LogP contribution in [-0.2, 0) is 4.79 Å². The number of hydrogen-bond acceptors (Lipinski definition) is 3. The van der Waals surface area contributed by atoms with Crippen LogP contribution < -0.4 is 4.90 Å². The summed E-state index contributed by atoms with van der Waals surface area (Å²) in [4.78, 5) is 15.9. The van der Waals surface area contributed by atoms with Crippen LogP contribution in [-0.4, -0.2) is 19.2 Å². The van der Waals surface area contributed by atoms with E-state index in [0.717, 1.165) is 18.8 Å². The SMILES string of the molecule is CCN(CC)c1cccc(N=C=O)c1. The van der Waals surface area contributed by atoms with E-state index in [1.165, 1.54) is 0 Å². The molecule has 0 N–H and O–H groups in total. The third kappa shape index (κ3) is 2.44. The fourth-order valence-electron chi connectivity index (χ4n) is 1.40. The molecule has 0 saturated heterocycles. The zero-order valence-corrected chi connectivity index (χ0v) is 8.53. The lowest BCUT2D eigenvalue weighted by Gasteiger charge is -2.20. The zero-order valence-electron chi connectivity index (χ0n) is 8.53. The lowest BCUT2D eigenvalue weighted by Crippen LogP contribution is -2.21. The zero-order chi connectivity index (χ0) is 10.4. The summed E-state index contributed by atoms with van der Waals surface area (Å²) < 4.78 is 0. The summed E-state index contributed by atoms with van der Waals surface area (Å²) in [6.45, 7) is 6.09. The first kappa shape index (κ1) is 10.5. The van der Waals surface area contributed by atoms with Crippen LogP contribution in [0.15, 0.2) is 29.3 Å². The monoisotopic (exact) mass is 190 g/mol. The van der Waals surface area contributed by atoms with Gasteiger partial charge in [-0.3, -0.25) is 0 Å². The third-order valence-electron chi connectivity index (χ3n) is 2.13. The molecule has 3 heteroatoms. The molecule has 0 radical (unpaired) electrons. The Balaban J connectivity index is 2.97. The summed E-state index contributed by atoms with van der Waals surface area (Å²) in [5.41, 5.74) is 1.75. The molecule has 14 heavy (non-hydrogen) atoms. The number of rotatable bonds is 4. The molecule has 0 aromatic heterocycles. The van der Waals surface area contributed by atoms with E-state index >= 15 is 0 Å². The minimum Gasteiger partial charge on any atom is -0.372 e. The molecule has 0 aliphatic heterocycles. The van der Waals surface area contributed by atoms with Gasteiger partial charge < -0.3 is 4.90 Å². The number of anilines is 1. The Hall–Kier alpha value is -1.60.